The first-order valence-corrected chi connectivity index (χ1v) is 8.79. The van der Waals surface area contributed by atoms with E-state index < -0.39 is 56.6 Å². The lowest BCUT2D eigenvalue weighted by Gasteiger charge is -2.29. The van der Waals surface area contributed by atoms with Crippen molar-refractivity contribution in [2.24, 2.45) is 0 Å². The number of carbonyl (C=O) groups is 3. The van der Waals surface area contributed by atoms with Crippen LogP contribution < -0.4 is 9.97 Å². The van der Waals surface area contributed by atoms with Crippen molar-refractivity contribution in [3.8, 4) is 5.75 Å². The number of ether oxygens (including phenoxy) is 3. The summed E-state index contributed by atoms with van der Waals surface area (Å²) in [4.78, 5) is 35.0. The van der Waals surface area contributed by atoms with Gasteiger partial charge in [0.1, 0.15) is 17.7 Å². The topological polar surface area (TPSA) is 120 Å². The van der Waals surface area contributed by atoms with Crippen LogP contribution in [0, 0.1) is 0 Å². The fraction of sp³-hybridized carbons (Fsp3) is 0.471. The second-order valence-corrected chi connectivity index (χ2v) is 6.58. The zero-order valence-electron chi connectivity index (χ0n) is 16.0. The maximum Gasteiger partial charge on any atom is 0.547 e. The molecule has 30 heavy (non-hydrogen) atoms. The van der Waals surface area contributed by atoms with Crippen LogP contribution in [0.4, 0.5) is 18.0 Å². The zero-order valence-corrected chi connectivity index (χ0v) is 16.0. The van der Waals surface area contributed by atoms with Gasteiger partial charge in [-0.05, 0) is 31.9 Å². The Morgan fingerprint density at radius 3 is 2.63 bits per heavy atom. The van der Waals surface area contributed by atoms with Crippen LogP contribution in [-0.4, -0.2) is 55.2 Å². The molecule has 1 aromatic carbocycles. The van der Waals surface area contributed by atoms with Gasteiger partial charge < -0.3 is 29.2 Å². The number of carbonyl (C=O) groups excluding carboxylic acids is 3. The molecule has 0 aromatic heterocycles. The average Bonchev–Trinajstić information content (AvgIpc) is 2.59. The van der Waals surface area contributed by atoms with Crippen molar-refractivity contribution in [1.29, 1.82) is 0 Å². The second-order valence-electron chi connectivity index (χ2n) is 6.58. The number of alkyl halides is 3. The zero-order chi connectivity index (χ0) is 22.5. The molecule has 0 fully saturated rings. The number of amides is 1. The van der Waals surface area contributed by atoms with Gasteiger partial charge in [-0.2, -0.15) is 13.2 Å². The Hall–Kier alpha value is -2.96. The van der Waals surface area contributed by atoms with Crippen molar-refractivity contribution >= 4 is 25.2 Å². The van der Waals surface area contributed by atoms with E-state index in [1.54, 1.807) is 13.8 Å². The molecule has 2 rings (SSSR count). The summed E-state index contributed by atoms with van der Waals surface area (Å²) < 4.78 is 56.2. The molecule has 0 radical (unpaired) electrons. The molecule has 1 amide bonds. The third-order valence-electron chi connectivity index (χ3n) is 3.75. The Kier molecular flexibility index (Phi) is 7.54. The molecule has 1 aliphatic heterocycles. The predicted octanol–water partition coefficient (Wildman–Crippen LogP) is 1.75. The van der Waals surface area contributed by atoms with Crippen LogP contribution in [0.1, 0.15) is 36.2 Å². The van der Waals surface area contributed by atoms with Gasteiger partial charge in [0, 0.05) is 0 Å². The fourth-order valence-corrected chi connectivity index (χ4v) is 2.58. The number of esters is 1. The molecule has 0 unspecified atom stereocenters. The minimum absolute atomic E-state index is 0.0546. The molecule has 1 aromatic rings. The number of nitrogens with one attached hydrogen (secondary N) is 1. The molecular formula is C17H19BF3NO8. The molecule has 0 spiro atoms. The molecular weight excluding hydrogens is 414 g/mol. The number of hydrogen-bond acceptors (Lipinski definition) is 8. The summed E-state index contributed by atoms with van der Waals surface area (Å²) in [5, 5.41) is 12.1. The summed E-state index contributed by atoms with van der Waals surface area (Å²) in [7, 11) is -1.69. The SMILES string of the molecule is CC(C)OC(=O)OCOC(=O)c1cccc2c1OB(O)[C@@H](NC(=O)CC(F)(F)F)C2. The van der Waals surface area contributed by atoms with Crippen LogP contribution in [0.25, 0.3) is 0 Å². The van der Waals surface area contributed by atoms with E-state index in [1.807, 2.05) is 0 Å². The highest BCUT2D eigenvalue weighted by atomic mass is 19.4. The normalized spacial score (nSPS) is 15.7. The quantitative estimate of drug-likeness (QED) is 0.396. The summed E-state index contributed by atoms with van der Waals surface area (Å²) >= 11 is 0. The lowest BCUT2D eigenvalue weighted by molar-refractivity contribution is -0.154. The minimum atomic E-state index is -4.69. The van der Waals surface area contributed by atoms with Crippen LogP contribution in [0.15, 0.2) is 18.2 Å². The summed E-state index contributed by atoms with van der Waals surface area (Å²) in [5.41, 5.74) is 0.250. The molecule has 1 aliphatic rings. The van der Waals surface area contributed by atoms with Crippen molar-refractivity contribution in [2.45, 2.75) is 44.9 Å². The Balaban J connectivity index is 2.01. The maximum absolute atomic E-state index is 12.3. The predicted molar refractivity (Wildman–Crippen MR) is 94.3 cm³/mol. The summed E-state index contributed by atoms with van der Waals surface area (Å²) in [6.45, 7) is 2.47. The number of benzene rings is 1. The highest BCUT2D eigenvalue weighted by molar-refractivity contribution is 6.47. The molecule has 0 saturated heterocycles. The molecule has 1 heterocycles. The smallest absolute Gasteiger partial charge is 0.534 e. The molecule has 0 aliphatic carbocycles. The highest BCUT2D eigenvalue weighted by Crippen LogP contribution is 2.31. The summed E-state index contributed by atoms with van der Waals surface area (Å²) in [5.74, 6) is -3.45. The highest BCUT2D eigenvalue weighted by Gasteiger charge is 2.40. The number of fused-ring (bicyclic) bond motifs is 1. The first-order chi connectivity index (χ1) is 14.0. The third-order valence-corrected chi connectivity index (χ3v) is 3.75. The van der Waals surface area contributed by atoms with Gasteiger partial charge in [0.2, 0.25) is 12.7 Å². The largest absolute Gasteiger partial charge is 0.547 e. The minimum Gasteiger partial charge on any atom is -0.534 e. The first-order valence-electron chi connectivity index (χ1n) is 8.79. The van der Waals surface area contributed by atoms with Crippen molar-refractivity contribution in [1.82, 2.24) is 5.32 Å². The molecule has 2 N–H and O–H groups in total. The standard InChI is InChI=1S/C17H19BF3NO8/c1-9(2)29-16(25)28-8-27-15(24)11-5-3-4-10-6-12(18(26)30-14(10)11)22-13(23)7-17(19,20)21/h3-5,9,12,26H,6-8H2,1-2H3,(H,22,23)/t12-/m0/s1. The molecule has 1 atom stereocenters. The fourth-order valence-electron chi connectivity index (χ4n) is 2.58. The van der Waals surface area contributed by atoms with Gasteiger partial charge in [-0.25, -0.2) is 9.59 Å². The average molecular weight is 433 g/mol. The van der Waals surface area contributed by atoms with Gasteiger partial charge in [0.15, 0.2) is 0 Å². The van der Waals surface area contributed by atoms with E-state index in [0.717, 1.165) is 0 Å². The van der Waals surface area contributed by atoms with Crippen LogP contribution in [-0.2, 0) is 25.4 Å². The van der Waals surface area contributed by atoms with E-state index in [4.69, 9.17) is 14.1 Å². The van der Waals surface area contributed by atoms with Gasteiger partial charge in [-0.15, -0.1) is 0 Å². The van der Waals surface area contributed by atoms with Crippen LogP contribution >= 0.6 is 0 Å². The Labute approximate surface area is 169 Å². The van der Waals surface area contributed by atoms with E-state index in [0.29, 0.717) is 5.56 Å². The summed E-state index contributed by atoms with van der Waals surface area (Å²) in [6.07, 6.45) is -7.93. The van der Waals surface area contributed by atoms with E-state index in [-0.39, 0.29) is 17.7 Å². The molecule has 0 bridgehead atoms. The maximum atomic E-state index is 12.3. The van der Waals surface area contributed by atoms with Gasteiger partial charge >= 0.3 is 25.4 Å². The van der Waals surface area contributed by atoms with Crippen molar-refractivity contribution in [3.05, 3.63) is 29.3 Å². The van der Waals surface area contributed by atoms with Gasteiger partial charge in [-0.1, -0.05) is 12.1 Å². The van der Waals surface area contributed by atoms with Gasteiger partial charge in [0.05, 0.1) is 12.0 Å². The number of hydrogen-bond donors (Lipinski definition) is 2. The van der Waals surface area contributed by atoms with Crippen LogP contribution in [0.5, 0.6) is 5.75 Å². The molecule has 164 valence electrons. The van der Waals surface area contributed by atoms with Gasteiger partial charge in [0.25, 0.3) is 0 Å². The molecule has 13 heteroatoms. The van der Waals surface area contributed by atoms with E-state index >= 15 is 0 Å². The number of halogens is 3. The monoisotopic (exact) mass is 433 g/mol. The molecule has 9 nitrogen and oxygen atoms in total. The lowest BCUT2D eigenvalue weighted by atomic mass is 9.72. The third kappa shape index (κ3) is 6.83. The van der Waals surface area contributed by atoms with E-state index in [9.17, 15) is 32.6 Å². The number of para-hydroxylation sites is 1. The van der Waals surface area contributed by atoms with Crippen molar-refractivity contribution in [3.63, 3.8) is 0 Å². The van der Waals surface area contributed by atoms with Crippen LogP contribution in [0.2, 0.25) is 0 Å². The van der Waals surface area contributed by atoms with E-state index in [2.05, 4.69) is 10.1 Å². The van der Waals surface area contributed by atoms with Crippen LogP contribution in [0.3, 0.4) is 0 Å². The van der Waals surface area contributed by atoms with E-state index in [1.165, 1.54) is 18.2 Å². The van der Waals surface area contributed by atoms with Gasteiger partial charge in [-0.3, -0.25) is 4.79 Å². The Bertz CT molecular complexity index is 802. The Morgan fingerprint density at radius 1 is 1.30 bits per heavy atom. The summed E-state index contributed by atoms with van der Waals surface area (Å²) in [6, 6.07) is 4.29. The first kappa shape index (κ1) is 23.3. The second kappa shape index (κ2) is 9.70. The molecule has 0 saturated carbocycles. The number of rotatable bonds is 6. The Morgan fingerprint density at radius 2 is 2.00 bits per heavy atom. The van der Waals surface area contributed by atoms with Crippen molar-refractivity contribution < 1.29 is 51.4 Å². The van der Waals surface area contributed by atoms with Crippen molar-refractivity contribution in [2.75, 3.05) is 6.79 Å². The lowest BCUT2D eigenvalue weighted by Crippen LogP contribution is -2.53.